The Bertz CT molecular complexity index is 318. The van der Waals surface area contributed by atoms with Crippen molar-refractivity contribution in [3.05, 3.63) is 34.9 Å². The van der Waals surface area contributed by atoms with Gasteiger partial charge in [-0.05, 0) is 24.6 Å². The zero-order chi connectivity index (χ0) is 9.84. The van der Waals surface area contributed by atoms with Crippen LogP contribution >= 0.6 is 11.6 Å². The van der Waals surface area contributed by atoms with Crippen molar-refractivity contribution in [2.24, 2.45) is 16.5 Å². The summed E-state index contributed by atoms with van der Waals surface area (Å²) >= 11 is 5.81. The SMILES string of the molecule is C[C@@H](N=C(N)N)c1cccc(Cl)c1. The molecule has 0 unspecified atom stereocenters. The van der Waals surface area contributed by atoms with Crippen molar-refractivity contribution in [2.45, 2.75) is 13.0 Å². The second-order valence-electron chi connectivity index (χ2n) is 2.78. The molecule has 0 radical (unpaired) electrons. The van der Waals surface area contributed by atoms with Gasteiger partial charge in [-0.15, -0.1) is 0 Å². The summed E-state index contributed by atoms with van der Waals surface area (Å²) in [7, 11) is 0. The second kappa shape index (κ2) is 4.14. The predicted molar refractivity (Wildman–Crippen MR) is 55.7 cm³/mol. The van der Waals surface area contributed by atoms with E-state index in [0.29, 0.717) is 5.02 Å². The van der Waals surface area contributed by atoms with Crippen LogP contribution < -0.4 is 11.5 Å². The van der Waals surface area contributed by atoms with Crippen LogP contribution in [0.4, 0.5) is 0 Å². The average Bonchev–Trinajstić information content (AvgIpc) is 2.03. The first-order chi connectivity index (χ1) is 6.09. The fourth-order valence-corrected chi connectivity index (χ4v) is 1.26. The minimum atomic E-state index is -0.0521. The van der Waals surface area contributed by atoms with E-state index in [4.69, 9.17) is 23.1 Å². The van der Waals surface area contributed by atoms with Gasteiger partial charge in [-0.3, -0.25) is 0 Å². The molecule has 3 nitrogen and oxygen atoms in total. The Labute approximate surface area is 82.4 Å². The van der Waals surface area contributed by atoms with Gasteiger partial charge in [0.25, 0.3) is 0 Å². The van der Waals surface area contributed by atoms with E-state index in [-0.39, 0.29) is 12.0 Å². The second-order valence-corrected chi connectivity index (χ2v) is 3.22. The number of guanidine groups is 1. The number of benzene rings is 1. The number of nitrogens with zero attached hydrogens (tertiary/aromatic N) is 1. The molecule has 0 saturated carbocycles. The van der Waals surface area contributed by atoms with Gasteiger partial charge in [-0.25, -0.2) is 4.99 Å². The fourth-order valence-electron chi connectivity index (χ4n) is 1.06. The predicted octanol–water partition coefficient (Wildman–Crippen LogP) is 1.67. The molecule has 0 aliphatic rings. The summed E-state index contributed by atoms with van der Waals surface area (Å²) in [6.07, 6.45) is 0. The van der Waals surface area contributed by atoms with Crippen LogP contribution in [0.3, 0.4) is 0 Å². The molecular weight excluding hydrogens is 186 g/mol. The lowest BCUT2D eigenvalue weighted by atomic mass is 10.1. The minimum Gasteiger partial charge on any atom is -0.370 e. The number of hydrogen-bond acceptors (Lipinski definition) is 1. The third-order valence-corrected chi connectivity index (χ3v) is 1.91. The van der Waals surface area contributed by atoms with E-state index in [0.717, 1.165) is 5.56 Å². The van der Waals surface area contributed by atoms with Gasteiger partial charge in [-0.2, -0.15) is 0 Å². The topological polar surface area (TPSA) is 64.4 Å². The Morgan fingerprint density at radius 1 is 1.46 bits per heavy atom. The van der Waals surface area contributed by atoms with Crippen molar-refractivity contribution in [1.82, 2.24) is 0 Å². The number of halogens is 1. The maximum absolute atomic E-state index is 5.81. The van der Waals surface area contributed by atoms with Crippen molar-refractivity contribution in [1.29, 1.82) is 0 Å². The lowest BCUT2D eigenvalue weighted by Gasteiger charge is -2.06. The largest absolute Gasteiger partial charge is 0.370 e. The first-order valence-corrected chi connectivity index (χ1v) is 4.31. The Balaban J connectivity index is 2.89. The van der Waals surface area contributed by atoms with E-state index in [1.807, 2.05) is 31.2 Å². The van der Waals surface area contributed by atoms with Gasteiger partial charge in [0.2, 0.25) is 0 Å². The molecule has 13 heavy (non-hydrogen) atoms. The standard InChI is InChI=1S/C9H12ClN3/c1-6(13-9(11)12)7-3-2-4-8(10)5-7/h2-6H,1H3,(H4,11,12,13)/t6-/m1/s1. The van der Waals surface area contributed by atoms with Crippen LogP contribution in [0.1, 0.15) is 18.5 Å². The molecule has 0 heterocycles. The van der Waals surface area contributed by atoms with Crippen LogP contribution in [0.25, 0.3) is 0 Å². The minimum absolute atomic E-state index is 0.0521. The van der Waals surface area contributed by atoms with Crippen molar-refractivity contribution in [3.8, 4) is 0 Å². The molecule has 0 spiro atoms. The third-order valence-electron chi connectivity index (χ3n) is 1.67. The Hall–Kier alpha value is -1.22. The van der Waals surface area contributed by atoms with Crippen molar-refractivity contribution in [2.75, 3.05) is 0 Å². The molecule has 1 aromatic carbocycles. The van der Waals surface area contributed by atoms with Gasteiger partial charge in [0, 0.05) is 5.02 Å². The van der Waals surface area contributed by atoms with Crippen LogP contribution in [-0.2, 0) is 0 Å². The van der Waals surface area contributed by atoms with E-state index in [1.165, 1.54) is 0 Å². The molecule has 4 heteroatoms. The summed E-state index contributed by atoms with van der Waals surface area (Å²) in [4.78, 5) is 4.00. The van der Waals surface area contributed by atoms with Crippen LogP contribution in [0, 0.1) is 0 Å². The van der Waals surface area contributed by atoms with E-state index in [1.54, 1.807) is 0 Å². The van der Waals surface area contributed by atoms with Gasteiger partial charge in [0.15, 0.2) is 5.96 Å². The molecule has 4 N–H and O–H groups in total. The lowest BCUT2D eigenvalue weighted by molar-refractivity contribution is 0.816. The molecule has 0 aromatic heterocycles. The van der Waals surface area contributed by atoms with Gasteiger partial charge in [0.1, 0.15) is 0 Å². The van der Waals surface area contributed by atoms with Crippen molar-refractivity contribution < 1.29 is 0 Å². The highest BCUT2D eigenvalue weighted by atomic mass is 35.5. The number of hydrogen-bond donors (Lipinski definition) is 2. The highest BCUT2D eigenvalue weighted by Crippen LogP contribution is 2.19. The molecule has 0 aliphatic carbocycles. The summed E-state index contributed by atoms with van der Waals surface area (Å²) in [5.74, 6) is 0.0903. The molecule has 0 aliphatic heterocycles. The quantitative estimate of drug-likeness (QED) is 0.560. The van der Waals surface area contributed by atoms with E-state index >= 15 is 0 Å². The molecule has 0 fully saturated rings. The summed E-state index contributed by atoms with van der Waals surface area (Å²) in [5.41, 5.74) is 11.5. The lowest BCUT2D eigenvalue weighted by Crippen LogP contribution is -2.23. The highest BCUT2D eigenvalue weighted by molar-refractivity contribution is 6.30. The number of rotatable bonds is 2. The average molecular weight is 198 g/mol. The van der Waals surface area contributed by atoms with Gasteiger partial charge < -0.3 is 11.5 Å². The fraction of sp³-hybridized carbons (Fsp3) is 0.222. The Morgan fingerprint density at radius 2 is 2.15 bits per heavy atom. The van der Waals surface area contributed by atoms with Crippen molar-refractivity contribution in [3.63, 3.8) is 0 Å². The molecule has 1 atom stereocenters. The summed E-state index contributed by atoms with van der Waals surface area (Å²) in [6.45, 7) is 1.91. The van der Waals surface area contributed by atoms with E-state index < -0.39 is 0 Å². The molecule has 1 rings (SSSR count). The summed E-state index contributed by atoms with van der Waals surface area (Å²) in [6, 6.07) is 7.41. The van der Waals surface area contributed by atoms with Crippen LogP contribution in [0.2, 0.25) is 5.02 Å². The van der Waals surface area contributed by atoms with E-state index in [9.17, 15) is 0 Å². The highest BCUT2D eigenvalue weighted by Gasteiger charge is 2.03. The number of aliphatic imine (C=N–C) groups is 1. The van der Waals surface area contributed by atoms with Crippen molar-refractivity contribution >= 4 is 17.6 Å². The van der Waals surface area contributed by atoms with E-state index in [2.05, 4.69) is 4.99 Å². The maximum Gasteiger partial charge on any atom is 0.186 e. The third kappa shape index (κ3) is 2.95. The smallest absolute Gasteiger partial charge is 0.186 e. The monoisotopic (exact) mass is 197 g/mol. The summed E-state index contributed by atoms with van der Waals surface area (Å²) in [5, 5.41) is 0.690. The first-order valence-electron chi connectivity index (χ1n) is 3.94. The normalized spacial score (nSPS) is 12.2. The molecule has 1 aromatic rings. The first kappa shape index (κ1) is 9.86. The molecule has 70 valence electrons. The van der Waals surface area contributed by atoms with Gasteiger partial charge in [0.05, 0.1) is 6.04 Å². The van der Waals surface area contributed by atoms with Gasteiger partial charge >= 0.3 is 0 Å². The zero-order valence-corrected chi connectivity index (χ0v) is 8.12. The molecular formula is C9H12ClN3. The molecule has 0 bridgehead atoms. The number of nitrogens with two attached hydrogens (primary N) is 2. The van der Waals surface area contributed by atoms with Crippen LogP contribution in [0.15, 0.2) is 29.3 Å². The molecule has 0 saturated heterocycles. The summed E-state index contributed by atoms with van der Waals surface area (Å²) < 4.78 is 0. The zero-order valence-electron chi connectivity index (χ0n) is 7.37. The molecule has 0 amide bonds. The van der Waals surface area contributed by atoms with Crippen LogP contribution in [-0.4, -0.2) is 5.96 Å². The Kier molecular flexibility index (Phi) is 3.14. The maximum atomic E-state index is 5.81. The van der Waals surface area contributed by atoms with Gasteiger partial charge in [-0.1, -0.05) is 23.7 Å². The Morgan fingerprint density at radius 3 is 2.69 bits per heavy atom. The van der Waals surface area contributed by atoms with Crippen LogP contribution in [0.5, 0.6) is 0 Å².